The van der Waals surface area contributed by atoms with E-state index < -0.39 is 0 Å². The maximum absolute atomic E-state index is 3.62. The number of hydrogen-bond acceptors (Lipinski definition) is 4. The first-order chi connectivity index (χ1) is 14.2. The summed E-state index contributed by atoms with van der Waals surface area (Å²) in [6.45, 7) is 6.62. The van der Waals surface area contributed by atoms with E-state index in [4.69, 9.17) is 0 Å². The number of halogens is 1. The minimum absolute atomic E-state index is 0. The van der Waals surface area contributed by atoms with Crippen LogP contribution in [0, 0.1) is 0 Å². The number of thiophene rings is 1. The van der Waals surface area contributed by atoms with Crippen LogP contribution in [0.1, 0.15) is 13.8 Å². The van der Waals surface area contributed by atoms with Gasteiger partial charge in [-0.05, 0) is 61.2 Å². The van der Waals surface area contributed by atoms with Crippen molar-refractivity contribution in [3.63, 3.8) is 0 Å². The molecule has 1 fully saturated rings. The summed E-state index contributed by atoms with van der Waals surface area (Å²) in [5, 5.41) is 7.04. The Hall–Kier alpha value is -1.92. The molecular formula is C24H26ClN3S2. The zero-order valence-electron chi connectivity index (χ0n) is 17.1. The van der Waals surface area contributed by atoms with Crippen LogP contribution >= 0.6 is 35.5 Å². The van der Waals surface area contributed by atoms with Gasteiger partial charge >= 0.3 is 0 Å². The summed E-state index contributed by atoms with van der Waals surface area (Å²) in [5.74, 6) is 0. The highest BCUT2D eigenvalue weighted by Gasteiger charge is 2.21. The molecule has 0 aliphatic carbocycles. The van der Waals surface area contributed by atoms with E-state index in [1.165, 1.54) is 36.8 Å². The molecule has 2 N–H and O–H groups in total. The summed E-state index contributed by atoms with van der Waals surface area (Å²) in [4.78, 5) is 9.80. The summed E-state index contributed by atoms with van der Waals surface area (Å²) < 4.78 is 0. The number of H-pyrrole nitrogens is 1. The molecule has 156 valence electrons. The lowest BCUT2D eigenvalue weighted by molar-refractivity contribution is 0.407. The van der Waals surface area contributed by atoms with E-state index in [9.17, 15) is 0 Å². The lowest BCUT2D eigenvalue weighted by atomic mass is 10.1. The van der Waals surface area contributed by atoms with E-state index in [2.05, 4.69) is 95.2 Å². The zero-order chi connectivity index (χ0) is 19.8. The molecule has 30 heavy (non-hydrogen) atoms. The van der Waals surface area contributed by atoms with Crippen molar-refractivity contribution in [1.29, 1.82) is 0 Å². The molecule has 4 aromatic rings. The Balaban J connectivity index is 0.00000218. The fraction of sp³-hybridized carbons (Fsp3) is 0.250. The zero-order valence-corrected chi connectivity index (χ0v) is 19.5. The second kappa shape index (κ2) is 9.06. The molecule has 0 spiro atoms. The minimum atomic E-state index is 0. The standard InChI is InChI=1S/C24H25N3S2.ClH/c1-16-14-27(15-17(2)26-16)19-7-10-22-21(12-19)24(13-25-22)29-20-8-5-18(6-9-20)23-4-3-11-28-23;/h3-13,16-17,25-26H,14-15H2,1-2H3;1H/t16-,17+;. The van der Waals surface area contributed by atoms with Gasteiger partial charge in [-0.2, -0.15) is 0 Å². The molecule has 0 radical (unpaired) electrons. The number of nitrogens with one attached hydrogen (secondary N) is 2. The van der Waals surface area contributed by atoms with Crippen LogP contribution in [-0.4, -0.2) is 30.2 Å². The molecule has 6 heteroatoms. The Morgan fingerprint density at radius 1 is 1.00 bits per heavy atom. The summed E-state index contributed by atoms with van der Waals surface area (Å²) in [6, 6.07) is 21.0. The minimum Gasteiger partial charge on any atom is -0.368 e. The van der Waals surface area contributed by atoms with Gasteiger partial charge in [-0.15, -0.1) is 23.7 Å². The largest absolute Gasteiger partial charge is 0.368 e. The Morgan fingerprint density at radius 2 is 1.77 bits per heavy atom. The number of nitrogens with zero attached hydrogens (tertiary/aromatic N) is 1. The molecule has 2 atom stereocenters. The van der Waals surface area contributed by atoms with Gasteiger partial charge < -0.3 is 15.2 Å². The van der Waals surface area contributed by atoms with Crippen molar-refractivity contribution in [3.8, 4) is 10.4 Å². The lowest BCUT2D eigenvalue weighted by Crippen LogP contribution is -2.54. The lowest BCUT2D eigenvalue weighted by Gasteiger charge is -2.37. The van der Waals surface area contributed by atoms with Crippen LogP contribution in [0.2, 0.25) is 0 Å². The Bertz CT molecular complexity index is 1100. The van der Waals surface area contributed by atoms with Gasteiger partial charge in [-0.3, -0.25) is 0 Å². The average molecular weight is 456 g/mol. The summed E-state index contributed by atoms with van der Waals surface area (Å²) in [7, 11) is 0. The number of piperazine rings is 1. The molecule has 1 saturated heterocycles. The van der Waals surface area contributed by atoms with Gasteiger partial charge in [0.15, 0.2) is 0 Å². The van der Waals surface area contributed by atoms with Crippen molar-refractivity contribution in [2.75, 3.05) is 18.0 Å². The van der Waals surface area contributed by atoms with Gasteiger partial charge in [-0.1, -0.05) is 30.0 Å². The predicted molar refractivity (Wildman–Crippen MR) is 134 cm³/mol. The molecule has 0 bridgehead atoms. The normalized spacial score (nSPS) is 19.1. The quantitative estimate of drug-likeness (QED) is 0.361. The summed E-state index contributed by atoms with van der Waals surface area (Å²) in [5.41, 5.74) is 3.79. The van der Waals surface area contributed by atoms with Crippen molar-refractivity contribution in [2.45, 2.75) is 35.7 Å². The first kappa shape index (κ1) is 21.3. The van der Waals surface area contributed by atoms with Crippen LogP contribution in [-0.2, 0) is 0 Å². The SMILES string of the molecule is C[C@@H]1CN(c2ccc3[nH]cc(Sc4ccc(-c5cccs5)cc4)c3c2)C[C@H](C)N1.Cl. The Labute approximate surface area is 192 Å². The van der Waals surface area contributed by atoms with Crippen molar-refractivity contribution < 1.29 is 0 Å². The molecule has 1 aliphatic heterocycles. The number of benzene rings is 2. The summed E-state index contributed by atoms with van der Waals surface area (Å²) >= 11 is 3.61. The fourth-order valence-electron chi connectivity index (χ4n) is 4.16. The maximum Gasteiger partial charge on any atom is 0.0467 e. The Kier molecular flexibility index (Phi) is 6.44. The number of aromatic amines is 1. The van der Waals surface area contributed by atoms with Gasteiger partial charge in [-0.25, -0.2) is 0 Å². The van der Waals surface area contributed by atoms with E-state index >= 15 is 0 Å². The van der Waals surface area contributed by atoms with E-state index in [-0.39, 0.29) is 12.4 Å². The molecule has 0 amide bonds. The van der Waals surface area contributed by atoms with Gasteiger partial charge in [0.1, 0.15) is 0 Å². The van der Waals surface area contributed by atoms with Crippen LogP contribution in [0.4, 0.5) is 5.69 Å². The van der Waals surface area contributed by atoms with Crippen LogP contribution in [0.3, 0.4) is 0 Å². The second-order valence-corrected chi connectivity index (χ2v) is 9.92. The van der Waals surface area contributed by atoms with Gasteiger partial charge in [0.2, 0.25) is 0 Å². The number of rotatable bonds is 4. The number of hydrogen-bond donors (Lipinski definition) is 2. The third-order valence-corrected chi connectivity index (χ3v) is 7.42. The third kappa shape index (κ3) is 4.40. The van der Waals surface area contributed by atoms with E-state index in [0.29, 0.717) is 12.1 Å². The highest BCUT2D eigenvalue weighted by atomic mass is 35.5. The van der Waals surface area contributed by atoms with Crippen molar-refractivity contribution in [3.05, 3.63) is 66.2 Å². The van der Waals surface area contributed by atoms with E-state index in [1.54, 1.807) is 11.3 Å². The number of fused-ring (bicyclic) bond motifs is 1. The first-order valence-electron chi connectivity index (χ1n) is 10.1. The van der Waals surface area contributed by atoms with E-state index in [1.807, 2.05) is 11.8 Å². The molecule has 5 rings (SSSR count). The highest BCUT2D eigenvalue weighted by molar-refractivity contribution is 7.99. The van der Waals surface area contributed by atoms with Crippen molar-refractivity contribution in [1.82, 2.24) is 10.3 Å². The predicted octanol–water partition coefficient (Wildman–Crippen LogP) is 6.66. The molecule has 2 aromatic carbocycles. The summed E-state index contributed by atoms with van der Waals surface area (Å²) in [6.07, 6.45) is 2.13. The smallest absolute Gasteiger partial charge is 0.0467 e. The topological polar surface area (TPSA) is 31.1 Å². The molecule has 2 aromatic heterocycles. The van der Waals surface area contributed by atoms with E-state index in [0.717, 1.165) is 13.1 Å². The Morgan fingerprint density at radius 3 is 2.47 bits per heavy atom. The van der Waals surface area contributed by atoms with Crippen molar-refractivity contribution >= 4 is 52.1 Å². The molecule has 3 heterocycles. The van der Waals surface area contributed by atoms with Crippen LogP contribution < -0.4 is 10.2 Å². The first-order valence-corrected chi connectivity index (χ1v) is 11.8. The molecule has 0 unspecified atom stereocenters. The van der Waals surface area contributed by atoms with Gasteiger partial charge in [0.25, 0.3) is 0 Å². The van der Waals surface area contributed by atoms with Gasteiger partial charge in [0.05, 0.1) is 0 Å². The average Bonchev–Trinajstić information content (AvgIpc) is 3.38. The third-order valence-electron chi connectivity index (χ3n) is 5.44. The van der Waals surface area contributed by atoms with Crippen LogP contribution in [0.5, 0.6) is 0 Å². The highest BCUT2D eigenvalue weighted by Crippen LogP contribution is 2.36. The van der Waals surface area contributed by atoms with Crippen molar-refractivity contribution in [2.24, 2.45) is 0 Å². The number of anilines is 1. The van der Waals surface area contributed by atoms with Gasteiger partial charge in [0, 0.05) is 62.6 Å². The number of aromatic nitrogens is 1. The second-order valence-electron chi connectivity index (χ2n) is 7.86. The van der Waals surface area contributed by atoms with Crippen LogP contribution in [0.25, 0.3) is 21.3 Å². The maximum atomic E-state index is 3.62. The molecule has 1 aliphatic rings. The molecular weight excluding hydrogens is 430 g/mol. The fourth-order valence-corrected chi connectivity index (χ4v) is 5.81. The molecule has 0 saturated carbocycles. The molecule has 3 nitrogen and oxygen atoms in total. The monoisotopic (exact) mass is 455 g/mol. The van der Waals surface area contributed by atoms with Crippen LogP contribution in [0.15, 0.2) is 76.0 Å².